The molecule has 0 aliphatic heterocycles. The zero-order chi connectivity index (χ0) is 98.5. The zero-order valence-electron chi connectivity index (χ0n) is 83.3. The first-order chi connectivity index (χ1) is 67.8. The van der Waals surface area contributed by atoms with Crippen LogP contribution >= 0.6 is 0 Å². The third-order valence-electron chi connectivity index (χ3n) is 17.2. The Morgan fingerprint density at radius 2 is 0.263 bits per heavy atom. The number of ether oxygens (including phenoxy) is 39. The summed E-state index contributed by atoms with van der Waals surface area (Å²) in [6, 6.07) is 0. The Labute approximate surface area is 813 Å². The Hall–Kier alpha value is -3.68. The van der Waals surface area contributed by atoms with E-state index in [0.29, 0.717) is 436 Å². The van der Waals surface area contributed by atoms with E-state index in [1.165, 1.54) is 6.92 Å². The lowest BCUT2D eigenvalue weighted by Gasteiger charge is -2.34. The fraction of sp³-hybridized carbons (Fsp3) is 0.956. The highest BCUT2D eigenvalue weighted by Crippen LogP contribution is 2.11. The van der Waals surface area contributed by atoms with Crippen molar-refractivity contribution in [1.82, 2.24) is 21.3 Å². The van der Waals surface area contributed by atoms with Crippen molar-refractivity contribution >= 4 is 23.6 Å². The van der Waals surface area contributed by atoms with Crippen LogP contribution in [0.3, 0.4) is 0 Å². The number of hydrogen-bond donors (Lipinski definition) is 4. The Bertz CT molecular complexity index is 2140. The molecule has 0 aromatic heterocycles. The van der Waals surface area contributed by atoms with Gasteiger partial charge < -0.3 is 206 Å². The van der Waals surface area contributed by atoms with Gasteiger partial charge >= 0.3 is 0 Å². The van der Waals surface area contributed by atoms with Gasteiger partial charge in [-0.25, -0.2) is 0 Å². The standard InChI is InChI=1S/C90H178N4O43/c1-86(95)94-90(83-135-11-5-87(96)91-8-14-102-23-26-108-35-38-114-47-50-120-59-62-126-71-74-132-80-77-129-68-65-123-56-53-117-44-41-111-32-29-105-20-17-99-2,84-136-12-6-88(97)92-9-15-103-24-27-109-36-39-115-48-51-121-60-63-127-72-75-133-81-78-130-69-66-124-57-54-118-45-42-112-33-30-106-21-18-100-3)85-137-13-7-89(98)93-10-16-104-25-28-110-37-40-116-49-52-122-61-64-128-73-76-134-82-79-131-70-67-125-58-55-119-46-43-113-34-31-107-22-19-101-4/h5-85H2,1-4H3,(H,91,96)(H,92,97)(H,93,98)(H,94,95). The second-order valence-corrected chi connectivity index (χ2v) is 28.6. The first kappa shape index (κ1) is 133. The van der Waals surface area contributed by atoms with Gasteiger partial charge in [-0.2, -0.15) is 0 Å². The van der Waals surface area contributed by atoms with E-state index >= 15 is 0 Å². The Morgan fingerprint density at radius 3 is 0.372 bits per heavy atom. The van der Waals surface area contributed by atoms with Gasteiger partial charge in [-0.3, -0.25) is 19.2 Å². The minimum absolute atomic E-state index is 0.000262. The number of methoxy groups -OCH3 is 3. The van der Waals surface area contributed by atoms with Gasteiger partial charge in [0.05, 0.1) is 496 Å². The number of rotatable bonds is 124. The second kappa shape index (κ2) is 119. The van der Waals surface area contributed by atoms with E-state index in [4.69, 9.17) is 185 Å². The molecule has 137 heavy (non-hydrogen) atoms. The number of carbonyl (C=O) groups is 4. The van der Waals surface area contributed by atoms with Crippen LogP contribution in [0, 0.1) is 0 Å². The predicted molar refractivity (Wildman–Crippen MR) is 495 cm³/mol. The SMILES string of the molecule is COCCOCCOCCOCCOCCOCCOCCOCCOCCOCCOCCOCCNC(=O)CCOCC(COCCC(=O)NCCOCCOCCOCCOCCOCCOCCOCCOCCOCCOCCOCCOC)(COCCC(=O)NCCOCCOCCOCCOCCOCCOCCOCCOCCOCCOCCOCCOC)NC(C)=O. The van der Waals surface area contributed by atoms with Gasteiger partial charge in [-0.05, 0) is 0 Å². The molecule has 47 nitrogen and oxygen atoms in total. The molecule has 816 valence electrons. The number of amides is 4. The highest BCUT2D eigenvalue weighted by atomic mass is 16.6. The third-order valence-corrected chi connectivity index (χ3v) is 17.2. The van der Waals surface area contributed by atoms with Crippen molar-refractivity contribution in [3.63, 3.8) is 0 Å². The largest absolute Gasteiger partial charge is 0.382 e. The molecule has 0 aromatic carbocycles. The summed E-state index contributed by atoms with van der Waals surface area (Å²) in [5.41, 5.74) is -1.26. The normalized spacial score (nSPS) is 11.8. The first-order valence-corrected chi connectivity index (χ1v) is 48.1. The molecule has 0 bridgehead atoms. The van der Waals surface area contributed by atoms with Crippen LogP contribution in [0.25, 0.3) is 0 Å². The minimum Gasteiger partial charge on any atom is -0.382 e. The molecular weight excluding hydrogens is 1820 g/mol. The monoisotopic (exact) mass is 2000 g/mol. The Kier molecular flexibility index (Phi) is 116. The van der Waals surface area contributed by atoms with E-state index in [1.54, 1.807) is 21.3 Å². The summed E-state index contributed by atoms with van der Waals surface area (Å²) in [4.78, 5) is 51.1. The van der Waals surface area contributed by atoms with E-state index in [2.05, 4.69) is 21.3 Å². The van der Waals surface area contributed by atoms with Gasteiger partial charge in [0.2, 0.25) is 23.6 Å². The quantitative estimate of drug-likeness (QED) is 0.0526. The highest BCUT2D eigenvalue weighted by Gasteiger charge is 2.33. The molecule has 0 rings (SSSR count). The number of hydrogen-bond acceptors (Lipinski definition) is 43. The summed E-state index contributed by atoms with van der Waals surface area (Å²) in [5.74, 6) is -1.25. The summed E-state index contributed by atoms with van der Waals surface area (Å²) in [7, 11) is 4.90. The van der Waals surface area contributed by atoms with E-state index < -0.39 is 11.4 Å². The van der Waals surface area contributed by atoms with Crippen molar-refractivity contribution in [3.05, 3.63) is 0 Å². The highest BCUT2D eigenvalue weighted by molar-refractivity contribution is 5.76. The summed E-state index contributed by atoms with van der Waals surface area (Å²) >= 11 is 0. The maximum atomic E-state index is 12.8. The first-order valence-electron chi connectivity index (χ1n) is 48.1. The van der Waals surface area contributed by atoms with E-state index in [9.17, 15) is 19.2 Å². The number of carbonyl (C=O) groups excluding carboxylic acids is 4. The smallest absolute Gasteiger partial charge is 0.222 e. The van der Waals surface area contributed by atoms with Crippen LogP contribution in [0.5, 0.6) is 0 Å². The fourth-order valence-electron chi connectivity index (χ4n) is 10.3. The lowest BCUT2D eigenvalue weighted by atomic mass is 10.0. The zero-order valence-corrected chi connectivity index (χ0v) is 83.3. The predicted octanol–water partition coefficient (Wildman–Crippen LogP) is -1.08. The molecule has 0 heterocycles. The van der Waals surface area contributed by atoms with Crippen molar-refractivity contribution in [3.8, 4) is 0 Å². The van der Waals surface area contributed by atoms with Gasteiger partial charge in [0.1, 0.15) is 5.54 Å². The molecule has 0 fully saturated rings. The molecule has 0 aliphatic rings. The van der Waals surface area contributed by atoms with Crippen molar-refractivity contribution in [2.75, 3.05) is 536 Å². The molecule has 4 N–H and O–H groups in total. The summed E-state index contributed by atoms with van der Waals surface area (Å²) < 4.78 is 215. The topological polar surface area (TPSA) is 476 Å². The van der Waals surface area contributed by atoms with Gasteiger partial charge in [-0.15, -0.1) is 0 Å². The molecule has 4 amide bonds. The molecule has 0 aromatic rings. The molecular formula is C90H178N4O43. The Balaban J connectivity index is 4.43. The molecule has 0 radical (unpaired) electrons. The van der Waals surface area contributed by atoms with Gasteiger partial charge in [-0.1, -0.05) is 0 Å². The second-order valence-electron chi connectivity index (χ2n) is 28.6. The van der Waals surface area contributed by atoms with Crippen LogP contribution in [0.15, 0.2) is 0 Å². The molecule has 0 aliphatic carbocycles. The summed E-state index contributed by atoms with van der Waals surface area (Å²) in [5, 5.41) is 11.3. The minimum atomic E-state index is -1.26. The third kappa shape index (κ3) is 116. The summed E-state index contributed by atoms with van der Waals surface area (Å²) in [6.45, 7) is 32.5. The Morgan fingerprint density at radius 1 is 0.153 bits per heavy atom. The van der Waals surface area contributed by atoms with Crippen molar-refractivity contribution in [1.29, 1.82) is 0 Å². The van der Waals surface area contributed by atoms with Gasteiger partial charge in [0.25, 0.3) is 0 Å². The van der Waals surface area contributed by atoms with Crippen LogP contribution in [-0.2, 0) is 204 Å². The van der Waals surface area contributed by atoms with Crippen LogP contribution < -0.4 is 21.3 Å². The average molecular weight is 2000 g/mol. The van der Waals surface area contributed by atoms with E-state index in [0.717, 1.165) is 0 Å². The molecule has 47 heteroatoms. The molecule has 0 saturated carbocycles. The summed E-state index contributed by atoms with van der Waals surface area (Å²) in [6.07, 6.45) is 0.000786. The van der Waals surface area contributed by atoms with E-state index in [-0.39, 0.29) is 116 Å². The lowest BCUT2D eigenvalue weighted by molar-refractivity contribution is -0.129. The number of nitrogens with one attached hydrogen (secondary N) is 4. The van der Waals surface area contributed by atoms with E-state index in [1.807, 2.05) is 0 Å². The maximum Gasteiger partial charge on any atom is 0.222 e. The average Bonchev–Trinajstić information content (AvgIpc) is 0.858. The van der Waals surface area contributed by atoms with Crippen LogP contribution in [-0.4, -0.2) is 566 Å². The fourth-order valence-corrected chi connectivity index (χ4v) is 10.3. The van der Waals surface area contributed by atoms with Crippen LogP contribution in [0.4, 0.5) is 0 Å². The van der Waals surface area contributed by atoms with Gasteiger partial charge in [0.15, 0.2) is 0 Å². The molecule has 0 spiro atoms. The molecule has 0 unspecified atom stereocenters. The van der Waals surface area contributed by atoms with Crippen LogP contribution in [0.1, 0.15) is 26.2 Å². The molecule has 0 atom stereocenters. The van der Waals surface area contributed by atoms with Gasteiger partial charge in [0, 0.05) is 67.1 Å². The van der Waals surface area contributed by atoms with Crippen molar-refractivity contribution in [2.45, 2.75) is 31.7 Å². The molecule has 0 saturated heterocycles. The maximum absolute atomic E-state index is 12.8. The van der Waals surface area contributed by atoms with Crippen molar-refractivity contribution < 1.29 is 204 Å². The van der Waals surface area contributed by atoms with Crippen LogP contribution in [0.2, 0.25) is 0 Å². The lowest BCUT2D eigenvalue weighted by Crippen LogP contribution is -2.58. The van der Waals surface area contributed by atoms with Crippen molar-refractivity contribution in [2.24, 2.45) is 0 Å².